The lowest BCUT2D eigenvalue weighted by Crippen LogP contribution is -2.69. The molecule has 0 aliphatic carbocycles. The van der Waals surface area contributed by atoms with Gasteiger partial charge in [-0.1, -0.05) is 150 Å². The van der Waals surface area contributed by atoms with Crippen molar-refractivity contribution in [3.05, 3.63) is 64.8 Å². The molecule has 5 fully saturated rings. The number of hydrogen-bond acceptors (Lipinski definition) is 12. The maximum atomic E-state index is 15.8. The minimum atomic E-state index is -4.19. The monoisotopic (exact) mass is 1340 g/mol. The Morgan fingerprint density at radius 2 is 1.36 bits per heavy atom. The molecule has 5 aliphatic heterocycles. The molecule has 19 atom stereocenters. The highest BCUT2D eigenvalue weighted by atomic mass is 127. The van der Waals surface area contributed by atoms with E-state index in [1.54, 1.807) is 24.3 Å². The molecule has 17 heteroatoms. The summed E-state index contributed by atoms with van der Waals surface area (Å²) >= 11 is 2.30. The summed E-state index contributed by atoms with van der Waals surface area (Å²) in [5.74, 6) is -0.281. The Labute approximate surface area is 521 Å². The Hall–Kier alpha value is -0.629. The van der Waals surface area contributed by atoms with Gasteiger partial charge in [0.05, 0.1) is 71.2 Å². The van der Waals surface area contributed by atoms with Gasteiger partial charge < -0.3 is 47.2 Å². The van der Waals surface area contributed by atoms with E-state index in [4.69, 9.17) is 37.0 Å². The Balaban J connectivity index is 1.38. The molecule has 0 spiro atoms. The van der Waals surface area contributed by atoms with Crippen molar-refractivity contribution in [1.82, 2.24) is 0 Å². The van der Waals surface area contributed by atoms with Gasteiger partial charge in [-0.05, 0) is 163 Å². The molecule has 0 radical (unpaired) electrons. The fourth-order valence-electron chi connectivity index (χ4n) is 12.7. The lowest BCUT2D eigenvalue weighted by molar-refractivity contribution is -0.268. The zero-order chi connectivity index (χ0) is 62.0. The van der Waals surface area contributed by atoms with Crippen LogP contribution in [-0.4, -0.2) is 141 Å². The molecule has 5 heterocycles. The van der Waals surface area contributed by atoms with Crippen LogP contribution in [0.1, 0.15) is 167 Å². The van der Waals surface area contributed by atoms with E-state index in [-0.39, 0.29) is 81.5 Å². The highest BCUT2D eigenvalue weighted by Gasteiger charge is 2.59. The highest BCUT2D eigenvalue weighted by molar-refractivity contribution is 14.1. The number of fused-ring (bicyclic) bond motifs is 1. The molecule has 1 aromatic carbocycles. The fraction of sp³-hybridized carbons (Fsp3) is 0.818. The van der Waals surface area contributed by atoms with E-state index >= 15 is 8.42 Å². The van der Waals surface area contributed by atoms with Gasteiger partial charge in [-0.2, -0.15) is 0 Å². The molecule has 5 saturated heterocycles. The number of benzene rings is 1. The second kappa shape index (κ2) is 28.7. The molecule has 12 nitrogen and oxygen atoms in total. The van der Waals surface area contributed by atoms with Crippen molar-refractivity contribution in [2.24, 2.45) is 23.7 Å². The van der Waals surface area contributed by atoms with Gasteiger partial charge >= 0.3 is 0 Å². The summed E-state index contributed by atoms with van der Waals surface area (Å²) in [5, 5.41) is 21.2. The summed E-state index contributed by atoms with van der Waals surface area (Å²) in [7, 11) is -11.7. The van der Waals surface area contributed by atoms with Crippen LogP contribution in [-0.2, 0) is 46.8 Å². The predicted octanol–water partition coefficient (Wildman–Crippen LogP) is 15.5. The smallest absolute Gasteiger partial charge is 0.193 e. The van der Waals surface area contributed by atoms with Crippen LogP contribution < -0.4 is 0 Å². The molecular weight excluding hydrogens is 1230 g/mol. The molecule has 5 unspecified atom stereocenters. The quantitative estimate of drug-likeness (QED) is 0.0545. The number of sulfone groups is 1. The molecular formula is C66H115IO12SSi3. The van der Waals surface area contributed by atoms with Crippen LogP contribution >= 0.6 is 22.6 Å². The van der Waals surface area contributed by atoms with Crippen LogP contribution in [0.25, 0.3) is 0 Å². The van der Waals surface area contributed by atoms with Gasteiger partial charge in [-0.3, -0.25) is 0 Å². The normalized spacial score (nSPS) is 33.3. The minimum absolute atomic E-state index is 0.0483. The molecule has 5 aliphatic rings. The van der Waals surface area contributed by atoms with Crippen LogP contribution in [0.15, 0.2) is 69.7 Å². The molecule has 476 valence electrons. The van der Waals surface area contributed by atoms with E-state index in [0.717, 1.165) is 56.1 Å². The minimum Gasteiger partial charge on any atom is -0.408 e. The number of ether oxygens (including phenoxy) is 5. The fourth-order valence-corrected chi connectivity index (χ4v) is 19.2. The Morgan fingerprint density at radius 1 is 0.759 bits per heavy atom. The molecule has 0 amide bonds. The van der Waals surface area contributed by atoms with Crippen molar-refractivity contribution in [2.45, 2.75) is 317 Å². The van der Waals surface area contributed by atoms with E-state index in [0.29, 0.717) is 31.6 Å². The number of aliphatic hydroxyl groups excluding tert-OH is 2. The van der Waals surface area contributed by atoms with E-state index in [2.05, 4.69) is 171 Å². The maximum Gasteiger partial charge on any atom is 0.193 e. The zero-order valence-electron chi connectivity index (χ0n) is 54.9. The Bertz CT molecular complexity index is 2400. The van der Waals surface area contributed by atoms with Gasteiger partial charge in [-0.15, -0.1) is 0 Å². The third-order valence-corrected chi connectivity index (χ3v) is 37.4. The van der Waals surface area contributed by atoms with Crippen molar-refractivity contribution in [3.8, 4) is 0 Å². The van der Waals surface area contributed by atoms with Crippen LogP contribution in [0, 0.1) is 23.7 Å². The van der Waals surface area contributed by atoms with Gasteiger partial charge in [0.25, 0.3) is 0 Å². The summed E-state index contributed by atoms with van der Waals surface area (Å²) in [4.78, 5) is 0.182. The van der Waals surface area contributed by atoms with E-state index in [1.165, 1.54) is 0 Å². The summed E-state index contributed by atoms with van der Waals surface area (Å²) in [6, 6.07) is 8.68. The zero-order valence-corrected chi connectivity index (χ0v) is 60.9. The van der Waals surface area contributed by atoms with Crippen molar-refractivity contribution >= 4 is 57.4 Å². The Kier molecular flexibility index (Phi) is 24.7. The SMILES string of the molecule is C=C1C[C@H](CCCO)O[C@H]1CCC1C[C@@H](C)C(=C)[C@@H](CC2O[C@H](C[C@H](C)CC)[C@H](C)[C@H]2C(C(O)CC2CC[C@@H]3O[C@@H]([C@H](/C=C/I)O[Si](C)(C)C(C)(C)C)[C@@H](O[Si](C)(C)C(C)(C)C)[C@@H](O[Si](C)(C)C(C)(C)C)[C@H]3O2)S(=O)(=O)c2ccccc2)O1. The first kappa shape index (κ1) is 71.4. The first-order valence-corrected chi connectivity index (χ1v) is 43.4. The summed E-state index contributed by atoms with van der Waals surface area (Å²) in [6.07, 6.45) is 4.30. The first-order chi connectivity index (χ1) is 38.4. The number of halogens is 1. The van der Waals surface area contributed by atoms with E-state index in [9.17, 15) is 10.2 Å². The van der Waals surface area contributed by atoms with Crippen LogP contribution in [0.5, 0.6) is 0 Å². The van der Waals surface area contributed by atoms with Crippen molar-refractivity contribution in [3.63, 3.8) is 0 Å². The third kappa shape index (κ3) is 17.3. The topological polar surface area (TPSA) is 148 Å². The predicted molar refractivity (Wildman–Crippen MR) is 354 cm³/mol. The van der Waals surface area contributed by atoms with Crippen molar-refractivity contribution < 1.29 is 55.6 Å². The standard InChI is InChI=1S/C66H115IO12SSi3/c1-22-42(2)37-55-46(6)58(57(75-55)41-56-45(5)43(3)38-48(73-56)30-32-52-44(4)39-47(72-52)27-26-36-68)63(80(70,71)50-28-24-23-25-29-50)51(69)40-49-31-33-53-59(74-49)61(78-82(18,19)65(10,11)12)62(79-83(20,21)66(13,14)15)60(76-53)54(34-35-67)77-81(16,17)64(7,8)9/h23-25,28-29,34-35,42-43,46-49,51-63,68-69H,4-5,22,26-27,30-33,36-41H2,1-3,6-21H3/b35-34+/t42-,43-,46+,47+,48?,49?,51?,52+,53+,54+,55-,56-,57?,58-,59+,60+,61+,62-,63?/m1/s1. The molecule has 0 aromatic heterocycles. The summed E-state index contributed by atoms with van der Waals surface area (Å²) in [6.45, 7) is 52.0. The van der Waals surface area contributed by atoms with Gasteiger partial charge in [0.15, 0.2) is 34.8 Å². The van der Waals surface area contributed by atoms with Gasteiger partial charge in [0.1, 0.15) is 24.4 Å². The molecule has 0 bridgehead atoms. The number of rotatable bonds is 25. The molecule has 83 heavy (non-hydrogen) atoms. The van der Waals surface area contributed by atoms with Crippen LogP contribution in [0.3, 0.4) is 0 Å². The van der Waals surface area contributed by atoms with Gasteiger partial charge in [0.2, 0.25) is 0 Å². The molecule has 6 rings (SSSR count). The van der Waals surface area contributed by atoms with E-state index < -0.39 is 94.8 Å². The molecule has 1 aromatic rings. The first-order valence-electron chi connectivity index (χ1n) is 31.9. The maximum absolute atomic E-state index is 15.8. The summed E-state index contributed by atoms with van der Waals surface area (Å²) in [5.41, 5.74) is 2.09. The van der Waals surface area contributed by atoms with Crippen molar-refractivity contribution in [2.75, 3.05) is 6.61 Å². The van der Waals surface area contributed by atoms with Crippen LogP contribution in [0.2, 0.25) is 54.4 Å². The highest BCUT2D eigenvalue weighted by Crippen LogP contribution is 2.50. The lowest BCUT2D eigenvalue weighted by atomic mass is 9.77. The van der Waals surface area contributed by atoms with Gasteiger partial charge in [-0.25, -0.2) is 8.42 Å². The second-order valence-electron chi connectivity index (χ2n) is 30.6. The van der Waals surface area contributed by atoms with Gasteiger partial charge in [0, 0.05) is 25.4 Å². The average Bonchev–Trinajstić information content (AvgIpc) is 2.21. The Morgan fingerprint density at radius 3 is 1.94 bits per heavy atom. The number of aliphatic hydroxyl groups is 2. The molecule has 0 saturated carbocycles. The van der Waals surface area contributed by atoms with Crippen molar-refractivity contribution in [1.29, 1.82) is 0 Å². The van der Waals surface area contributed by atoms with E-state index in [1.807, 2.05) is 10.1 Å². The third-order valence-electron chi connectivity index (χ3n) is 21.3. The number of hydrogen-bond donors (Lipinski definition) is 2. The average molecular weight is 1340 g/mol. The lowest BCUT2D eigenvalue weighted by Gasteiger charge is -2.56. The largest absolute Gasteiger partial charge is 0.408 e. The molecule has 2 N–H and O–H groups in total. The second-order valence-corrected chi connectivity index (χ2v) is 47.7. The summed E-state index contributed by atoms with van der Waals surface area (Å²) < 4.78 is 91.9. The van der Waals surface area contributed by atoms with Crippen LogP contribution in [0.4, 0.5) is 0 Å².